The van der Waals surface area contributed by atoms with E-state index in [9.17, 15) is 0 Å². The molecule has 0 spiro atoms. The standard InChI is InChI=1S/C21H21ClN2/c1-4-6-8-10-18-20(22)21(17-14-12-16(3)13-15-17)24-19(23-18)11-9-7-5-2/h12-15H,4-7H2,1-3H3. The Hall–Kier alpha value is -2.29. The summed E-state index contributed by atoms with van der Waals surface area (Å²) >= 11 is 6.52. The lowest BCUT2D eigenvalue weighted by Gasteiger charge is -2.06. The van der Waals surface area contributed by atoms with Crippen LogP contribution in [0, 0.1) is 30.6 Å². The Morgan fingerprint density at radius 3 is 2.17 bits per heavy atom. The molecular formula is C21H21ClN2. The van der Waals surface area contributed by atoms with Gasteiger partial charge in [-0.15, -0.1) is 0 Å². The van der Waals surface area contributed by atoms with E-state index < -0.39 is 0 Å². The summed E-state index contributed by atoms with van der Waals surface area (Å²) in [6.07, 6.45) is 3.65. The number of benzene rings is 1. The highest BCUT2D eigenvalue weighted by molar-refractivity contribution is 6.34. The van der Waals surface area contributed by atoms with E-state index in [1.54, 1.807) is 0 Å². The number of aromatic nitrogens is 2. The first-order valence-electron chi connectivity index (χ1n) is 8.28. The van der Waals surface area contributed by atoms with Crippen molar-refractivity contribution in [3.63, 3.8) is 0 Å². The van der Waals surface area contributed by atoms with Crippen molar-refractivity contribution in [2.45, 2.75) is 46.5 Å². The second-order valence-corrected chi connectivity index (χ2v) is 5.91. The summed E-state index contributed by atoms with van der Waals surface area (Å²) < 4.78 is 0. The van der Waals surface area contributed by atoms with Crippen LogP contribution in [0.25, 0.3) is 11.3 Å². The zero-order chi connectivity index (χ0) is 17.4. The van der Waals surface area contributed by atoms with Gasteiger partial charge in [0.2, 0.25) is 5.82 Å². The largest absolute Gasteiger partial charge is 0.219 e. The molecule has 24 heavy (non-hydrogen) atoms. The molecule has 1 aromatic heterocycles. The molecule has 122 valence electrons. The molecule has 1 heterocycles. The first-order chi connectivity index (χ1) is 11.7. The highest BCUT2D eigenvalue weighted by Crippen LogP contribution is 2.28. The third kappa shape index (κ3) is 4.85. The molecule has 3 heteroatoms. The summed E-state index contributed by atoms with van der Waals surface area (Å²) in [7, 11) is 0. The molecule has 0 amide bonds. The van der Waals surface area contributed by atoms with Crippen LogP contribution in [0.15, 0.2) is 24.3 Å². The van der Waals surface area contributed by atoms with E-state index in [4.69, 9.17) is 11.6 Å². The minimum atomic E-state index is 0.476. The molecule has 0 N–H and O–H groups in total. The lowest BCUT2D eigenvalue weighted by atomic mass is 10.1. The Balaban J connectivity index is 2.54. The van der Waals surface area contributed by atoms with E-state index in [0.29, 0.717) is 22.2 Å². The first kappa shape index (κ1) is 18.1. The Morgan fingerprint density at radius 2 is 1.54 bits per heavy atom. The average molecular weight is 337 g/mol. The van der Waals surface area contributed by atoms with Gasteiger partial charge in [0.15, 0.2) is 0 Å². The third-order valence-corrected chi connectivity index (χ3v) is 3.69. The van der Waals surface area contributed by atoms with Gasteiger partial charge in [-0.25, -0.2) is 9.97 Å². The maximum absolute atomic E-state index is 6.52. The molecule has 0 saturated heterocycles. The van der Waals surface area contributed by atoms with Crippen LogP contribution in [-0.2, 0) is 0 Å². The Morgan fingerprint density at radius 1 is 0.917 bits per heavy atom. The minimum Gasteiger partial charge on any atom is -0.219 e. The smallest absolute Gasteiger partial charge is 0.206 e. The molecular weight excluding hydrogens is 316 g/mol. The molecule has 0 bridgehead atoms. The van der Waals surface area contributed by atoms with Crippen LogP contribution in [0.5, 0.6) is 0 Å². The summed E-state index contributed by atoms with van der Waals surface area (Å²) in [4.78, 5) is 8.98. The summed E-state index contributed by atoms with van der Waals surface area (Å²) in [5.41, 5.74) is 3.38. The normalized spacial score (nSPS) is 9.67. The van der Waals surface area contributed by atoms with Crippen LogP contribution in [0.2, 0.25) is 5.02 Å². The van der Waals surface area contributed by atoms with E-state index in [-0.39, 0.29) is 0 Å². The predicted octanol–water partition coefficient (Wildman–Crippen LogP) is 5.41. The number of nitrogens with zero attached hydrogens (tertiary/aromatic N) is 2. The first-order valence-corrected chi connectivity index (χ1v) is 8.65. The van der Waals surface area contributed by atoms with Gasteiger partial charge < -0.3 is 0 Å². The van der Waals surface area contributed by atoms with Crippen molar-refractivity contribution in [1.29, 1.82) is 0 Å². The van der Waals surface area contributed by atoms with Crippen molar-refractivity contribution >= 4 is 11.6 Å². The predicted molar refractivity (Wildman–Crippen MR) is 101 cm³/mol. The number of aryl methyl sites for hydroxylation is 1. The SMILES string of the molecule is CCCC#Cc1nc(C#CCCC)c(Cl)c(-c2ccc(C)cc2)n1. The molecule has 1 aromatic carbocycles. The maximum atomic E-state index is 6.52. The third-order valence-electron chi connectivity index (χ3n) is 3.33. The fraction of sp³-hybridized carbons (Fsp3) is 0.333. The topological polar surface area (TPSA) is 25.8 Å². The van der Waals surface area contributed by atoms with Crippen LogP contribution in [0.1, 0.15) is 56.6 Å². The van der Waals surface area contributed by atoms with E-state index in [1.807, 2.05) is 24.3 Å². The molecule has 2 nitrogen and oxygen atoms in total. The second-order valence-electron chi connectivity index (χ2n) is 5.53. The van der Waals surface area contributed by atoms with Crippen LogP contribution in [-0.4, -0.2) is 9.97 Å². The highest BCUT2D eigenvalue weighted by Gasteiger charge is 2.12. The fourth-order valence-electron chi connectivity index (χ4n) is 2.03. The molecule has 0 aliphatic heterocycles. The van der Waals surface area contributed by atoms with Crippen molar-refractivity contribution in [2.24, 2.45) is 0 Å². The van der Waals surface area contributed by atoms with E-state index in [0.717, 1.165) is 31.2 Å². The zero-order valence-corrected chi connectivity index (χ0v) is 15.2. The van der Waals surface area contributed by atoms with Gasteiger partial charge in [-0.2, -0.15) is 0 Å². The lowest BCUT2D eigenvalue weighted by molar-refractivity contribution is 0.980. The monoisotopic (exact) mass is 336 g/mol. The van der Waals surface area contributed by atoms with Crippen molar-refractivity contribution < 1.29 is 0 Å². The number of unbranched alkanes of at least 4 members (excludes halogenated alkanes) is 2. The van der Waals surface area contributed by atoms with Crippen molar-refractivity contribution in [2.75, 3.05) is 0 Å². The number of halogens is 1. The summed E-state index contributed by atoms with van der Waals surface area (Å²) in [5.74, 6) is 12.8. The Kier molecular flexibility index (Phi) is 6.86. The minimum absolute atomic E-state index is 0.476. The van der Waals surface area contributed by atoms with Gasteiger partial charge in [0.1, 0.15) is 10.7 Å². The second kappa shape index (κ2) is 9.11. The van der Waals surface area contributed by atoms with Gasteiger partial charge in [0.25, 0.3) is 0 Å². The van der Waals surface area contributed by atoms with E-state index >= 15 is 0 Å². The number of hydrogen-bond acceptors (Lipinski definition) is 2. The van der Waals surface area contributed by atoms with Gasteiger partial charge in [-0.3, -0.25) is 0 Å². The van der Waals surface area contributed by atoms with E-state index in [1.165, 1.54) is 5.56 Å². The Labute approximate surface area is 149 Å². The summed E-state index contributed by atoms with van der Waals surface area (Å²) in [6.45, 7) is 6.24. The molecule has 0 fully saturated rings. The lowest BCUT2D eigenvalue weighted by Crippen LogP contribution is -1.98. The van der Waals surface area contributed by atoms with Crippen molar-refractivity contribution in [3.8, 4) is 34.9 Å². The van der Waals surface area contributed by atoms with Gasteiger partial charge in [0, 0.05) is 18.4 Å². The van der Waals surface area contributed by atoms with E-state index in [2.05, 4.69) is 54.4 Å². The van der Waals surface area contributed by atoms with Crippen molar-refractivity contribution in [1.82, 2.24) is 9.97 Å². The van der Waals surface area contributed by atoms with Crippen molar-refractivity contribution in [3.05, 3.63) is 46.4 Å². The van der Waals surface area contributed by atoms with Crippen LogP contribution >= 0.6 is 11.6 Å². The van der Waals surface area contributed by atoms with Crippen LogP contribution in [0.3, 0.4) is 0 Å². The van der Waals surface area contributed by atoms with Gasteiger partial charge in [0.05, 0.1) is 5.69 Å². The van der Waals surface area contributed by atoms with Crippen LogP contribution in [0.4, 0.5) is 0 Å². The molecule has 0 aliphatic rings. The molecule has 2 rings (SSSR count). The quantitative estimate of drug-likeness (QED) is 0.700. The Bertz CT molecular complexity index is 815. The molecule has 0 aliphatic carbocycles. The molecule has 0 saturated carbocycles. The number of hydrogen-bond donors (Lipinski definition) is 0. The number of rotatable bonds is 3. The molecule has 0 unspecified atom stereocenters. The van der Waals surface area contributed by atoms with Gasteiger partial charge in [-0.05, 0) is 31.6 Å². The van der Waals surface area contributed by atoms with Gasteiger partial charge >= 0.3 is 0 Å². The zero-order valence-electron chi connectivity index (χ0n) is 14.4. The average Bonchev–Trinajstić information content (AvgIpc) is 2.58. The fourth-order valence-corrected chi connectivity index (χ4v) is 2.27. The van der Waals surface area contributed by atoms with Crippen LogP contribution < -0.4 is 0 Å². The van der Waals surface area contributed by atoms with Gasteiger partial charge in [-0.1, -0.05) is 67.1 Å². The summed E-state index contributed by atoms with van der Waals surface area (Å²) in [6, 6.07) is 8.10. The molecule has 0 atom stereocenters. The summed E-state index contributed by atoms with van der Waals surface area (Å²) in [5, 5.41) is 0.489. The highest BCUT2D eigenvalue weighted by atomic mass is 35.5. The molecule has 2 aromatic rings. The maximum Gasteiger partial charge on any atom is 0.206 e. The molecule has 0 radical (unpaired) electrons.